The van der Waals surface area contributed by atoms with Crippen LogP contribution in [0.2, 0.25) is 0 Å². The van der Waals surface area contributed by atoms with E-state index in [0.717, 1.165) is 12.8 Å². The van der Waals surface area contributed by atoms with E-state index in [2.05, 4.69) is 21.9 Å². The maximum absolute atomic E-state index is 12.4. The minimum atomic E-state index is -3.83. The van der Waals surface area contributed by atoms with Crippen molar-refractivity contribution in [3.63, 3.8) is 0 Å². The van der Waals surface area contributed by atoms with Gasteiger partial charge in [0.15, 0.2) is 0 Å². The molecule has 1 aromatic carbocycles. The van der Waals surface area contributed by atoms with E-state index in [-0.39, 0.29) is 16.7 Å². The molecule has 1 aromatic rings. The Morgan fingerprint density at radius 1 is 1.29 bits per heavy atom. The third-order valence-corrected chi connectivity index (χ3v) is 5.15. The Hall–Kier alpha value is -2.19. The number of benzene rings is 1. The summed E-state index contributed by atoms with van der Waals surface area (Å²) in [5, 5.41) is 5.30. The zero-order chi connectivity index (χ0) is 17.6. The Morgan fingerprint density at radius 2 is 2.00 bits per heavy atom. The van der Waals surface area contributed by atoms with Crippen molar-refractivity contribution < 1.29 is 18.0 Å². The number of hydrogen-bond donors (Lipinski definition) is 3. The van der Waals surface area contributed by atoms with Gasteiger partial charge in [-0.05, 0) is 43.5 Å². The second-order valence-electron chi connectivity index (χ2n) is 5.48. The van der Waals surface area contributed by atoms with Crippen LogP contribution >= 0.6 is 0 Å². The lowest BCUT2D eigenvalue weighted by Gasteiger charge is -2.15. The summed E-state index contributed by atoms with van der Waals surface area (Å²) in [4.78, 5) is 23.7. The number of rotatable bonds is 6. The smallest absolute Gasteiger partial charge is 0.251 e. The van der Waals surface area contributed by atoms with E-state index in [4.69, 9.17) is 0 Å². The van der Waals surface area contributed by atoms with Gasteiger partial charge in [0, 0.05) is 18.7 Å². The topological polar surface area (TPSA) is 104 Å². The van der Waals surface area contributed by atoms with E-state index in [1.807, 2.05) is 0 Å². The number of amides is 2. The average Bonchev–Trinajstić information content (AvgIpc) is 2.77. The lowest BCUT2D eigenvalue weighted by molar-refractivity contribution is -0.122. The highest BCUT2D eigenvalue weighted by molar-refractivity contribution is 7.89. The summed E-state index contributed by atoms with van der Waals surface area (Å²) in [6.45, 7) is 4.40. The Bertz CT molecular complexity index is 713. The highest BCUT2D eigenvalue weighted by Crippen LogP contribution is 2.14. The first-order valence-corrected chi connectivity index (χ1v) is 9.21. The zero-order valence-electron chi connectivity index (χ0n) is 13.2. The van der Waals surface area contributed by atoms with Crippen LogP contribution < -0.4 is 15.4 Å². The highest BCUT2D eigenvalue weighted by atomic mass is 32.2. The van der Waals surface area contributed by atoms with Crippen molar-refractivity contribution in [3.05, 3.63) is 42.5 Å². The lowest BCUT2D eigenvalue weighted by atomic mass is 10.1. The molecule has 0 radical (unpaired) electrons. The van der Waals surface area contributed by atoms with Crippen LogP contribution in [-0.4, -0.2) is 39.4 Å². The van der Waals surface area contributed by atoms with Crippen molar-refractivity contribution in [3.8, 4) is 0 Å². The predicted octanol–water partition coefficient (Wildman–Crippen LogP) is 0.549. The van der Waals surface area contributed by atoms with E-state index in [9.17, 15) is 18.0 Å². The minimum Gasteiger partial charge on any atom is -0.355 e. The van der Waals surface area contributed by atoms with E-state index in [0.29, 0.717) is 25.1 Å². The van der Waals surface area contributed by atoms with Gasteiger partial charge < -0.3 is 10.6 Å². The number of hydrogen-bond acceptors (Lipinski definition) is 4. The molecule has 0 aliphatic carbocycles. The van der Waals surface area contributed by atoms with Crippen molar-refractivity contribution in [2.24, 2.45) is 0 Å². The molecule has 130 valence electrons. The quantitative estimate of drug-likeness (QED) is 0.651. The molecule has 1 heterocycles. The van der Waals surface area contributed by atoms with Crippen LogP contribution in [0.25, 0.3) is 0 Å². The number of nitrogens with one attached hydrogen (secondary N) is 3. The lowest BCUT2D eigenvalue weighted by Crippen LogP contribution is -2.45. The Balaban J connectivity index is 2.10. The summed E-state index contributed by atoms with van der Waals surface area (Å²) in [6, 6.07) is 4.79. The van der Waals surface area contributed by atoms with E-state index >= 15 is 0 Å². The molecule has 0 bridgehead atoms. The molecule has 3 N–H and O–H groups in total. The van der Waals surface area contributed by atoms with Crippen molar-refractivity contribution in [1.82, 2.24) is 15.4 Å². The standard InChI is InChI=1S/C16H21N3O4S/c1-2-10-17-15(20)12-6-8-13(9-7-12)24(22,23)19-14-5-3-4-11-18-16(14)21/h2,6-9,14,19H,1,3-5,10-11H2,(H,17,20)(H,18,21)/t14-/m0/s1. The molecule has 0 unspecified atom stereocenters. The molecule has 1 aliphatic rings. The number of carbonyl (C=O) groups is 2. The van der Waals surface area contributed by atoms with Crippen LogP contribution in [0.3, 0.4) is 0 Å². The second-order valence-corrected chi connectivity index (χ2v) is 7.20. The molecule has 7 nitrogen and oxygen atoms in total. The van der Waals surface area contributed by atoms with Gasteiger partial charge in [0.25, 0.3) is 5.91 Å². The molecule has 1 atom stereocenters. The SMILES string of the molecule is C=CCNC(=O)c1ccc(S(=O)(=O)N[C@H]2CCCCNC2=O)cc1. The minimum absolute atomic E-state index is 0.0137. The molecule has 1 saturated heterocycles. The van der Waals surface area contributed by atoms with Crippen LogP contribution in [0.4, 0.5) is 0 Å². The largest absolute Gasteiger partial charge is 0.355 e. The molecule has 8 heteroatoms. The molecule has 1 aliphatic heterocycles. The molecular weight excluding hydrogens is 330 g/mol. The van der Waals surface area contributed by atoms with Crippen LogP contribution in [0.5, 0.6) is 0 Å². The molecule has 0 aromatic heterocycles. The normalized spacial score (nSPS) is 18.3. The summed E-state index contributed by atoms with van der Waals surface area (Å²) >= 11 is 0. The monoisotopic (exact) mass is 351 g/mol. The Morgan fingerprint density at radius 3 is 2.67 bits per heavy atom. The summed E-state index contributed by atoms with van der Waals surface area (Å²) in [5.41, 5.74) is 0.350. The van der Waals surface area contributed by atoms with Gasteiger partial charge in [0.1, 0.15) is 6.04 Å². The molecule has 0 saturated carbocycles. The van der Waals surface area contributed by atoms with Crippen molar-refractivity contribution in [1.29, 1.82) is 0 Å². The highest BCUT2D eigenvalue weighted by Gasteiger charge is 2.26. The summed E-state index contributed by atoms with van der Waals surface area (Å²) < 4.78 is 27.2. The molecule has 1 fully saturated rings. The first-order chi connectivity index (χ1) is 11.4. The van der Waals surface area contributed by atoms with Crippen molar-refractivity contribution >= 4 is 21.8 Å². The van der Waals surface area contributed by atoms with Crippen LogP contribution in [-0.2, 0) is 14.8 Å². The van der Waals surface area contributed by atoms with E-state index in [1.54, 1.807) is 6.08 Å². The maximum Gasteiger partial charge on any atom is 0.251 e. The van der Waals surface area contributed by atoms with Gasteiger partial charge in [0.2, 0.25) is 15.9 Å². The van der Waals surface area contributed by atoms with Crippen LogP contribution in [0, 0.1) is 0 Å². The maximum atomic E-state index is 12.4. The third kappa shape index (κ3) is 4.65. The first-order valence-electron chi connectivity index (χ1n) is 7.73. The van der Waals surface area contributed by atoms with Crippen LogP contribution in [0.15, 0.2) is 41.8 Å². The number of sulfonamides is 1. The van der Waals surface area contributed by atoms with Gasteiger partial charge in [-0.1, -0.05) is 6.08 Å². The first kappa shape index (κ1) is 18.2. The van der Waals surface area contributed by atoms with Crippen LogP contribution in [0.1, 0.15) is 29.6 Å². The van der Waals surface area contributed by atoms with Crippen molar-refractivity contribution in [2.75, 3.05) is 13.1 Å². The van der Waals surface area contributed by atoms with Gasteiger partial charge in [-0.3, -0.25) is 9.59 Å². The molecule has 24 heavy (non-hydrogen) atoms. The average molecular weight is 351 g/mol. The van der Waals surface area contributed by atoms with Gasteiger partial charge in [-0.15, -0.1) is 6.58 Å². The fourth-order valence-corrected chi connectivity index (χ4v) is 3.59. The van der Waals surface area contributed by atoms with Gasteiger partial charge >= 0.3 is 0 Å². The van der Waals surface area contributed by atoms with Crippen molar-refractivity contribution in [2.45, 2.75) is 30.2 Å². The third-order valence-electron chi connectivity index (χ3n) is 3.67. The molecule has 2 amide bonds. The molecule has 2 rings (SSSR count). The summed E-state index contributed by atoms with van der Waals surface area (Å²) in [5.74, 6) is -0.619. The molecule has 0 spiro atoms. The second kappa shape index (κ2) is 8.07. The fraction of sp³-hybridized carbons (Fsp3) is 0.375. The Kier molecular flexibility index (Phi) is 6.10. The summed E-state index contributed by atoms with van der Waals surface area (Å²) in [7, 11) is -3.83. The van der Waals surface area contributed by atoms with Gasteiger partial charge in [-0.25, -0.2) is 8.42 Å². The Labute approximate surface area is 141 Å². The van der Waals surface area contributed by atoms with Gasteiger partial charge in [0.05, 0.1) is 4.90 Å². The van der Waals surface area contributed by atoms with E-state index < -0.39 is 16.1 Å². The van der Waals surface area contributed by atoms with Gasteiger partial charge in [-0.2, -0.15) is 4.72 Å². The zero-order valence-corrected chi connectivity index (χ0v) is 14.1. The fourth-order valence-electron chi connectivity index (χ4n) is 2.36. The van der Waals surface area contributed by atoms with E-state index in [1.165, 1.54) is 24.3 Å². The predicted molar refractivity (Wildman–Crippen MR) is 89.9 cm³/mol. The molecular formula is C16H21N3O4S. The number of carbonyl (C=O) groups excluding carboxylic acids is 2. The summed E-state index contributed by atoms with van der Waals surface area (Å²) in [6.07, 6.45) is 3.62.